The van der Waals surface area contributed by atoms with E-state index in [2.05, 4.69) is 4.99 Å². The third kappa shape index (κ3) is 5.29. The van der Waals surface area contributed by atoms with Gasteiger partial charge in [0.1, 0.15) is 0 Å². The normalized spacial score (nSPS) is 13.9. The first-order chi connectivity index (χ1) is 13.6. The van der Waals surface area contributed by atoms with Crippen LogP contribution in [0.4, 0.5) is 0 Å². The lowest BCUT2D eigenvalue weighted by Gasteiger charge is -2.25. The standard InChI is InChI=1S/C21H22N2O4S/c24-21(27-15-7-12-18-8-3-1-4-9-18)20-16-22-13-14-23(20)28(25,26)17-19-10-5-2-6-11-19/h1-6,8-11,13,16H,7,12,14-15,17H2. The number of rotatable bonds is 8. The maximum absolute atomic E-state index is 12.8. The number of esters is 1. The van der Waals surface area contributed by atoms with Gasteiger partial charge in [0.2, 0.25) is 10.0 Å². The van der Waals surface area contributed by atoms with Gasteiger partial charge in [-0.1, -0.05) is 60.7 Å². The number of aryl methyl sites for hydroxylation is 1. The van der Waals surface area contributed by atoms with Crippen LogP contribution in [0.25, 0.3) is 0 Å². The Balaban J connectivity index is 1.59. The van der Waals surface area contributed by atoms with Gasteiger partial charge < -0.3 is 4.74 Å². The van der Waals surface area contributed by atoms with E-state index in [0.717, 1.165) is 16.3 Å². The first kappa shape index (κ1) is 19.8. The van der Waals surface area contributed by atoms with Gasteiger partial charge in [-0.15, -0.1) is 0 Å². The van der Waals surface area contributed by atoms with Crippen molar-refractivity contribution in [3.05, 3.63) is 83.7 Å². The van der Waals surface area contributed by atoms with E-state index in [0.29, 0.717) is 12.0 Å². The van der Waals surface area contributed by atoms with Crippen LogP contribution in [0.5, 0.6) is 0 Å². The molecule has 0 spiro atoms. The molecule has 0 aliphatic carbocycles. The van der Waals surface area contributed by atoms with E-state index in [-0.39, 0.29) is 24.6 Å². The van der Waals surface area contributed by atoms with Gasteiger partial charge in [-0.2, -0.15) is 0 Å². The summed E-state index contributed by atoms with van der Waals surface area (Å²) in [5.74, 6) is -0.873. The van der Waals surface area contributed by atoms with Crippen molar-refractivity contribution in [2.75, 3.05) is 13.2 Å². The van der Waals surface area contributed by atoms with Gasteiger partial charge in [0.05, 0.1) is 25.1 Å². The van der Waals surface area contributed by atoms with Crippen molar-refractivity contribution in [2.45, 2.75) is 18.6 Å². The predicted octanol–water partition coefficient (Wildman–Crippen LogP) is 2.92. The number of hydrogen-bond donors (Lipinski definition) is 0. The van der Waals surface area contributed by atoms with Crippen LogP contribution >= 0.6 is 0 Å². The van der Waals surface area contributed by atoms with Crippen LogP contribution < -0.4 is 0 Å². The van der Waals surface area contributed by atoms with Crippen LogP contribution in [0.15, 0.2) is 77.6 Å². The Bertz CT molecular complexity index is 954. The predicted molar refractivity (Wildman–Crippen MR) is 108 cm³/mol. The maximum Gasteiger partial charge on any atom is 0.357 e. The summed E-state index contributed by atoms with van der Waals surface area (Å²) in [6, 6.07) is 18.7. The number of sulfonamides is 1. The summed E-state index contributed by atoms with van der Waals surface area (Å²) in [4.78, 5) is 16.4. The van der Waals surface area contributed by atoms with Gasteiger partial charge >= 0.3 is 5.97 Å². The van der Waals surface area contributed by atoms with Gasteiger partial charge in [-0.3, -0.25) is 9.30 Å². The lowest BCUT2D eigenvalue weighted by atomic mass is 10.1. The van der Waals surface area contributed by atoms with E-state index >= 15 is 0 Å². The molecule has 0 radical (unpaired) electrons. The zero-order chi connectivity index (χ0) is 19.8. The minimum Gasteiger partial charge on any atom is -0.461 e. The second kappa shape index (κ2) is 9.32. The molecule has 3 rings (SSSR count). The Morgan fingerprint density at radius 2 is 1.64 bits per heavy atom. The molecule has 1 aliphatic heterocycles. The molecule has 0 atom stereocenters. The molecule has 6 nitrogen and oxygen atoms in total. The van der Waals surface area contributed by atoms with E-state index in [1.54, 1.807) is 24.3 Å². The van der Waals surface area contributed by atoms with Crippen molar-refractivity contribution in [1.82, 2.24) is 4.31 Å². The summed E-state index contributed by atoms with van der Waals surface area (Å²) in [5.41, 5.74) is 1.76. The molecule has 0 bridgehead atoms. The van der Waals surface area contributed by atoms with Crippen molar-refractivity contribution >= 4 is 22.2 Å². The van der Waals surface area contributed by atoms with Crippen LogP contribution in [0.2, 0.25) is 0 Å². The number of aliphatic imine (C=N–C) groups is 1. The minimum atomic E-state index is -3.73. The van der Waals surface area contributed by atoms with E-state index < -0.39 is 16.0 Å². The molecule has 28 heavy (non-hydrogen) atoms. The molecule has 2 aromatic rings. The van der Waals surface area contributed by atoms with Crippen molar-refractivity contribution < 1.29 is 17.9 Å². The Labute approximate surface area is 165 Å². The topological polar surface area (TPSA) is 76.0 Å². The Hall–Kier alpha value is -2.93. The molecule has 0 unspecified atom stereocenters. The average molecular weight is 398 g/mol. The highest BCUT2D eigenvalue weighted by Crippen LogP contribution is 2.19. The molecular weight excluding hydrogens is 376 g/mol. The lowest BCUT2D eigenvalue weighted by molar-refractivity contribution is -0.140. The summed E-state index contributed by atoms with van der Waals surface area (Å²) in [5, 5.41) is 0. The number of carbonyl (C=O) groups excluding carboxylic acids is 1. The van der Waals surface area contributed by atoms with Crippen LogP contribution in [0.3, 0.4) is 0 Å². The smallest absolute Gasteiger partial charge is 0.357 e. The zero-order valence-electron chi connectivity index (χ0n) is 15.4. The van der Waals surface area contributed by atoms with Gasteiger partial charge in [0, 0.05) is 6.21 Å². The van der Waals surface area contributed by atoms with Gasteiger partial charge in [0.25, 0.3) is 0 Å². The van der Waals surface area contributed by atoms with Crippen LogP contribution in [0, 0.1) is 0 Å². The number of benzene rings is 2. The lowest BCUT2D eigenvalue weighted by Crippen LogP contribution is -2.38. The van der Waals surface area contributed by atoms with E-state index in [9.17, 15) is 13.2 Å². The molecule has 0 aromatic heterocycles. The largest absolute Gasteiger partial charge is 0.461 e. The Kier molecular flexibility index (Phi) is 6.60. The second-order valence-electron chi connectivity index (χ2n) is 6.34. The maximum atomic E-state index is 12.8. The van der Waals surface area contributed by atoms with Gasteiger partial charge in [0.15, 0.2) is 5.70 Å². The molecule has 0 saturated heterocycles. The SMILES string of the molecule is O=C(OCCCc1ccccc1)C1=CN=CCN1S(=O)(=O)Cc1ccccc1. The second-order valence-corrected chi connectivity index (χ2v) is 8.24. The van der Waals surface area contributed by atoms with Gasteiger partial charge in [-0.25, -0.2) is 13.2 Å². The van der Waals surface area contributed by atoms with Crippen LogP contribution in [0.1, 0.15) is 17.5 Å². The first-order valence-electron chi connectivity index (χ1n) is 9.03. The fourth-order valence-corrected chi connectivity index (χ4v) is 4.33. The number of hydrogen-bond acceptors (Lipinski definition) is 5. The molecule has 2 aromatic carbocycles. The van der Waals surface area contributed by atoms with Crippen LogP contribution in [-0.2, 0) is 31.7 Å². The molecule has 0 N–H and O–H groups in total. The highest BCUT2D eigenvalue weighted by molar-refractivity contribution is 7.88. The first-order valence-corrected chi connectivity index (χ1v) is 10.6. The summed E-state index contributed by atoms with van der Waals surface area (Å²) < 4.78 is 32.0. The fraction of sp³-hybridized carbons (Fsp3) is 0.238. The van der Waals surface area contributed by atoms with E-state index in [4.69, 9.17) is 4.74 Å². The van der Waals surface area contributed by atoms with E-state index in [1.807, 2.05) is 36.4 Å². The quantitative estimate of drug-likeness (QED) is 0.506. The molecule has 1 heterocycles. The van der Waals surface area contributed by atoms with Gasteiger partial charge in [-0.05, 0) is 24.0 Å². The molecule has 1 aliphatic rings. The third-order valence-corrected chi connectivity index (χ3v) is 5.96. The number of ether oxygens (including phenoxy) is 1. The summed E-state index contributed by atoms with van der Waals surface area (Å²) in [6.07, 6.45) is 4.13. The third-order valence-electron chi connectivity index (χ3n) is 4.24. The Morgan fingerprint density at radius 3 is 2.32 bits per heavy atom. The van der Waals surface area contributed by atoms with E-state index in [1.165, 1.54) is 12.4 Å². The molecule has 0 saturated carbocycles. The summed E-state index contributed by atoms with van der Waals surface area (Å²) in [7, 11) is -3.73. The van der Waals surface area contributed by atoms with Crippen LogP contribution in [-0.4, -0.2) is 38.1 Å². The molecule has 0 amide bonds. The molecule has 7 heteroatoms. The fourth-order valence-electron chi connectivity index (χ4n) is 2.85. The summed E-state index contributed by atoms with van der Waals surface area (Å²) in [6.45, 7) is 0.224. The Morgan fingerprint density at radius 1 is 1.00 bits per heavy atom. The highest BCUT2D eigenvalue weighted by Gasteiger charge is 2.30. The number of nitrogens with zero attached hydrogens (tertiary/aromatic N) is 2. The molecule has 0 fully saturated rings. The van der Waals surface area contributed by atoms with Crippen molar-refractivity contribution in [3.8, 4) is 0 Å². The molecular formula is C21H22N2O4S. The zero-order valence-corrected chi connectivity index (χ0v) is 16.2. The summed E-state index contributed by atoms with van der Waals surface area (Å²) >= 11 is 0. The molecule has 146 valence electrons. The van der Waals surface area contributed by atoms with Crippen molar-refractivity contribution in [1.29, 1.82) is 0 Å². The van der Waals surface area contributed by atoms with Crippen molar-refractivity contribution in [2.24, 2.45) is 4.99 Å². The minimum absolute atomic E-state index is 0.0140. The average Bonchev–Trinajstić information content (AvgIpc) is 2.72. The van der Waals surface area contributed by atoms with Crippen molar-refractivity contribution in [3.63, 3.8) is 0 Å². The highest BCUT2D eigenvalue weighted by atomic mass is 32.2. The number of carbonyl (C=O) groups is 1. The monoisotopic (exact) mass is 398 g/mol.